The van der Waals surface area contributed by atoms with E-state index < -0.39 is 10.0 Å². The van der Waals surface area contributed by atoms with E-state index in [1.165, 1.54) is 25.3 Å². The van der Waals surface area contributed by atoms with E-state index in [9.17, 15) is 13.2 Å². The second-order valence-electron chi connectivity index (χ2n) is 5.94. The summed E-state index contributed by atoms with van der Waals surface area (Å²) in [7, 11) is -0.291. The number of benzene rings is 1. The summed E-state index contributed by atoms with van der Waals surface area (Å²) in [6, 6.07) is 9.46. The first-order chi connectivity index (χ1) is 11.4. The van der Waals surface area contributed by atoms with Gasteiger partial charge in [-0.1, -0.05) is 6.07 Å². The molecule has 0 radical (unpaired) electrons. The molecule has 0 fully saturated rings. The summed E-state index contributed by atoms with van der Waals surface area (Å²) in [5.41, 5.74) is 1.97. The van der Waals surface area contributed by atoms with Gasteiger partial charge in [-0.05, 0) is 49.1 Å². The molecule has 24 heavy (non-hydrogen) atoms. The summed E-state index contributed by atoms with van der Waals surface area (Å²) in [5, 5.41) is 0. The zero-order valence-electron chi connectivity index (χ0n) is 13.7. The monoisotopic (exact) mass is 348 g/mol. The summed E-state index contributed by atoms with van der Waals surface area (Å²) < 4.78 is 34.5. The van der Waals surface area contributed by atoms with Crippen LogP contribution in [-0.2, 0) is 29.9 Å². The van der Waals surface area contributed by atoms with Crippen molar-refractivity contribution >= 4 is 10.0 Å². The summed E-state index contributed by atoms with van der Waals surface area (Å²) >= 11 is 0. The van der Waals surface area contributed by atoms with Crippen LogP contribution in [-0.4, -0.2) is 26.1 Å². The Hall–Kier alpha value is -2.12. The van der Waals surface area contributed by atoms with E-state index in [2.05, 4.69) is 4.72 Å². The average molecular weight is 348 g/mol. The third-order valence-electron chi connectivity index (χ3n) is 4.42. The van der Waals surface area contributed by atoms with Crippen LogP contribution in [0.1, 0.15) is 17.7 Å². The number of hydrogen-bond donors (Lipinski definition) is 1. The van der Waals surface area contributed by atoms with Crippen LogP contribution in [0.2, 0.25) is 0 Å². The highest BCUT2D eigenvalue weighted by Crippen LogP contribution is 2.22. The van der Waals surface area contributed by atoms with Crippen molar-refractivity contribution < 1.29 is 13.2 Å². The molecule has 1 aliphatic carbocycles. The SMILES string of the molecule is COc1ccc(S(=O)(=O)N[C@@H]2CCc3c(ccc(=O)n3C)C2)cc1. The standard InChI is InChI=1S/C17H20N2O4S/c1-19-16-9-4-13(11-12(16)3-10-17(19)20)18-24(21,22)15-7-5-14(23-2)6-8-15/h3,5-8,10,13,18H,4,9,11H2,1-2H3/t13-/m1/s1. The van der Waals surface area contributed by atoms with Crippen molar-refractivity contribution in [3.05, 3.63) is 58.0 Å². The fourth-order valence-electron chi connectivity index (χ4n) is 3.06. The largest absolute Gasteiger partial charge is 0.497 e. The predicted molar refractivity (Wildman–Crippen MR) is 90.8 cm³/mol. The second-order valence-corrected chi connectivity index (χ2v) is 7.65. The zero-order valence-corrected chi connectivity index (χ0v) is 14.5. The van der Waals surface area contributed by atoms with Gasteiger partial charge in [0.1, 0.15) is 5.75 Å². The van der Waals surface area contributed by atoms with Gasteiger partial charge in [0.2, 0.25) is 15.6 Å². The first-order valence-electron chi connectivity index (χ1n) is 7.75. The average Bonchev–Trinajstić information content (AvgIpc) is 2.58. The summed E-state index contributed by atoms with van der Waals surface area (Å²) in [6.07, 6.45) is 1.93. The lowest BCUT2D eigenvalue weighted by molar-refractivity contribution is 0.414. The number of aromatic nitrogens is 1. The van der Waals surface area contributed by atoms with Crippen LogP contribution in [0.4, 0.5) is 0 Å². The highest BCUT2D eigenvalue weighted by atomic mass is 32.2. The summed E-state index contributed by atoms with van der Waals surface area (Å²) in [5.74, 6) is 0.612. The lowest BCUT2D eigenvalue weighted by Gasteiger charge is -2.26. The molecular weight excluding hydrogens is 328 g/mol. The topological polar surface area (TPSA) is 77.4 Å². The molecule has 6 nitrogen and oxygen atoms in total. The number of methoxy groups -OCH3 is 1. The van der Waals surface area contributed by atoms with Crippen molar-refractivity contribution in [2.75, 3.05) is 7.11 Å². The molecule has 0 bridgehead atoms. The quantitative estimate of drug-likeness (QED) is 0.901. The Labute approximate surface area is 141 Å². The Morgan fingerprint density at radius 1 is 1.17 bits per heavy atom. The van der Waals surface area contributed by atoms with Gasteiger partial charge < -0.3 is 9.30 Å². The first kappa shape index (κ1) is 16.7. The maximum Gasteiger partial charge on any atom is 0.250 e. The fourth-order valence-corrected chi connectivity index (χ4v) is 4.33. The van der Waals surface area contributed by atoms with Gasteiger partial charge >= 0.3 is 0 Å². The normalized spacial score (nSPS) is 17.3. The van der Waals surface area contributed by atoms with E-state index in [0.717, 1.165) is 11.3 Å². The molecule has 128 valence electrons. The Kier molecular flexibility index (Phi) is 4.47. The Bertz CT molecular complexity index is 901. The van der Waals surface area contributed by atoms with Gasteiger partial charge in [-0.2, -0.15) is 0 Å². The number of ether oxygens (including phenoxy) is 1. The molecule has 0 saturated heterocycles. The summed E-state index contributed by atoms with van der Waals surface area (Å²) in [6.45, 7) is 0. The third kappa shape index (κ3) is 3.22. The highest BCUT2D eigenvalue weighted by Gasteiger charge is 2.25. The fraction of sp³-hybridized carbons (Fsp3) is 0.353. The van der Waals surface area contributed by atoms with E-state index in [1.54, 1.807) is 29.8 Å². The Morgan fingerprint density at radius 2 is 1.88 bits per heavy atom. The molecule has 1 atom stereocenters. The first-order valence-corrected chi connectivity index (χ1v) is 9.23. The van der Waals surface area contributed by atoms with Gasteiger partial charge in [-0.15, -0.1) is 0 Å². The minimum atomic E-state index is -3.58. The molecule has 1 aromatic heterocycles. The number of hydrogen-bond acceptors (Lipinski definition) is 4. The van der Waals surface area contributed by atoms with Gasteiger partial charge in [0.05, 0.1) is 12.0 Å². The maximum atomic E-state index is 12.5. The lowest BCUT2D eigenvalue weighted by Crippen LogP contribution is -2.40. The van der Waals surface area contributed by atoms with Gasteiger partial charge in [0.15, 0.2) is 0 Å². The molecule has 7 heteroatoms. The predicted octanol–water partition coefficient (Wildman–Crippen LogP) is 1.23. The molecule has 1 aromatic carbocycles. The van der Waals surface area contributed by atoms with Crippen LogP contribution in [0.5, 0.6) is 5.75 Å². The van der Waals surface area contributed by atoms with Crippen LogP contribution >= 0.6 is 0 Å². The number of nitrogens with zero attached hydrogens (tertiary/aromatic N) is 1. The van der Waals surface area contributed by atoms with Crippen molar-refractivity contribution in [1.82, 2.24) is 9.29 Å². The van der Waals surface area contributed by atoms with Crippen molar-refractivity contribution in [3.63, 3.8) is 0 Å². The maximum absolute atomic E-state index is 12.5. The van der Waals surface area contributed by atoms with E-state index in [4.69, 9.17) is 4.74 Å². The Balaban J connectivity index is 1.78. The van der Waals surface area contributed by atoms with Crippen LogP contribution < -0.4 is 15.0 Å². The molecule has 3 rings (SSSR count). The Morgan fingerprint density at radius 3 is 2.54 bits per heavy atom. The van der Waals surface area contributed by atoms with Crippen LogP contribution in [0, 0.1) is 0 Å². The molecule has 0 unspecified atom stereocenters. The molecule has 0 saturated carbocycles. The molecule has 2 aromatic rings. The molecular formula is C17H20N2O4S. The molecule has 1 N–H and O–H groups in total. The molecule has 0 spiro atoms. The van der Waals surface area contributed by atoms with Crippen molar-refractivity contribution in [2.24, 2.45) is 7.05 Å². The van der Waals surface area contributed by atoms with E-state index in [0.29, 0.717) is 25.0 Å². The van der Waals surface area contributed by atoms with Crippen molar-refractivity contribution in [1.29, 1.82) is 0 Å². The van der Waals surface area contributed by atoms with Crippen LogP contribution in [0.3, 0.4) is 0 Å². The second kappa shape index (κ2) is 6.41. The van der Waals surface area contributed by atoms with Gasteiger partial charge in [0.25, 0.3) is 0 Å². The summed E-state index contributed by atoms with van der Waals surface area (Å²) in [4.78, 5) is 11.9. The zero-order chi connectivity index (χ0) is 17.3. The molecule has 1 heterocycles. The molecule has 0 aliphatic heterocycles. The van der Waals surface area contributed by atoms with Crippen molar-refractivity contribution in [2.45, 2.75) is 30.2 Å². The number of rotatable bonds is 4. The molecule has 0 amide bonds. The van der Waals surface area contributed by atoms with Gasteiger partial charge in [-0.25, -0.2) is 13.1 Å². The third-order valence-corrected chi connectivity index (χ3v) is 5.96. The minimum absolute atomic E-state index is 0.0361. The number of nitrogens with one attached hydrogen (secondary N) is 1. The molecule has 1 aliphatic rings. The number of sulfonamides is 1. The van der Waals surface area contributed by atoms with E-state index >= 15 is 0 Å². The van der Waals surface area contributed by atoms with E-state index in [-0.39, 0.29) is 16.5 Å². The van der Waals surface area contributed by atoms with Gasteiger partial charge in [0, 0.05) is 24.8 Å². The smallest absolute Gasteiger partial charge is 0.250 e. The highest BCUT2D eigenvalue weighted by molar-refractivity contribution is 7.89. The van der Waals surface area contributed by atoms with E-state index in [1.807, 2.05) is 0 Å². The number of fused-ring (bicyclic) bond motifs is 1. The van der Waals surface area contributed by atoms with Crippen molar-refractivity contribution in [3.8, 4) is 5.75 Å². The van der Waals surface area contributed by atoms with Crippen LogP contribution in [0.15, 0.2) is 46.1 Å². The number of pyridine rings is 1. The van der Waals surface area contributed by atoms with Crippen LogP contribution in [0.25, 0.3) is 0 Å². The lowest BCUT2D eigenvalue weighted by atomic mass is 9.92. The van der Waals surface area contributed by atoms with Gasteiger partial charge in [-0.3, -0.25) is 4.79 Å². The minimum Gasteiger partial charge on any atom is -0.497 e.